The number of ether oxygens (including phenoxy) is 2. The van der Waals surface area contributed by atoms with Gasteiger partial charge in [0.2, 0.25) is 0 Å². The predicted molar refractivity (Wildman–Crippen MR) is 82.3 cm³/mol. The predicted octanol–water partition coefficient (Wildman–Crippen LogP) is 4.39. The molecule has 2 aromatic rings. The van der Waals surface area contributed by atoms with E-state index in [0.717, 1.165) is 6.07 Å². The molecule has 2 rings (SSSR count). The number of primary amides is 1. The van der Waals surface area contributed by atoms with Gasteiger partial charge in [0.1, 0.15) is 5.75 Å². The highest BCUT2D eigenvalue weighted by molar-refractivity contribution is 5.96. The van der Waals surface area contributed by atoms with E-state index in [2.05, 4.69) is 0 Å². The first-order valence-electron chi connectivity index (χ1n) is 7.24. The zero-order valence-electron chi connectivity index (χ0n) is 12.9. The van der Waals surface area contributed by atoms with Crippen LogP contribution in [-0.4, -0.2) is 12.5 Å². The lowest BCUT2D eigenvalue weighted by atomic mass is 10.1. The van der Waals surface area contributed by atoms with Crippen molar-refractivity contribution < 1.29 is 27.4 Å². The second kappa shape index (κ2) is 7.25. The van der Waals surface area contributed by atoms with Crippen LogP contribution in [0.1, 0.15) is 29.3 Å². The van der Waals surface area contributed by atoms with Gasteiger partial charge < -0.3 is 15.2 Å². The number of hydrogen-bond acceptors (Lipinski definition) is 3. The Morgan fingerprint density at radius 2 is 1.75 bits per heavy atom. The third-order valence-electron chi connectivity index (χ3n) is 3.11. The molecule has 0 aromatic heterocycles. The van der Waals surface area contributed by atoms with Crippen molar-refractivity contribution in [2.24, 2.45) is 5.73 Å². The van der Waals surface area contributed by atoms with Crippen LogP contribution < -0.4 is 15.2 Å². The molecule has 0 heterocycles. The fourth-order valence-corrected chi connectivity index (χ4v) is 2.04. The molecule has 2 N–H and O–H groups in total. The van der Waals surface area contributed by atoms with Crippen LogP contribution in [0, 0.1) is 0 Å². The van der Waals surface area contributed by atoms with Crippen LogP contribution in [0.3, 0.4) is 0 Å². The third kappa shape index (κ3) is 3.98. The molecule has 0 unspecified atom stereocenters. The Labute approximate surface area is 137 Å². The molecule has 0 saturated heterocycles. The molecule has 0 bridgehead atoms. The zero-order valence-corrected chi connectivity index (χ0v) is 12.9. The van der Waals surface area contributed by atoms with Crippen LogP contribution in [0.5, 0.6) is 17.2 Å². The van der Waals surface area contributed by atoms with E-state index in [0.29, 0.717) is 13.0 Å². The van der Waals surface area contributed by atoms with E-state index < -0.39 is 23.4 Å². The van der Waals surface area contributed by atoms with E-state index >= 15 is 0 Å². The lowest BCUT2D eigenvalue weighted by Gasteiger charge is -2.17. The first-order valence-corrected chi connectivity index (χ1v) is 7.24. The van der Waals surface area contributed by atoms with Gasteiger partial charge >= 0.3 is 6.18 Å². The quantitative estimate of drug-likeness (QED) is 0.849. The van der Waals surface area contributed by atoms with Gasteiger partial charge in [0, 0.05) is 0 Å². The lowest BCUT2D eigenvalue weighted by Crippen LogP contribution is -2.14. The van der Waals surface area contributed by atoms with E-state index in [-0.39, 0.29) is 17.1 Å². The van der Waals surface area contributed by atoms with Gasteiger partial charge in [-0.3, -0.25) is 4.79 Å². The average molecular weight is 339 g/mol. The first kappa shape index (κ1) is 17.7. The summed E-state index contributed by atoms with van der Waals surface area (Å²) < 4.78 is 50.2. The highest BCUT2D eigenvalue weighted by Crippen LogP contribution is 2.41. The molecule has 0 radical (unpaired) electrons. The number of benzene rings is 2. The summed E-state index contributed by atoms with van der Waals surface area (Å²) in [5.74, 6) is -1.23. The molecule has 0 aliphatic rings. The van der Waals surface area contributed by atoms with Crippen molar-refractivity contribution in [3.05, 3.63) is 53.6 Å². The molecule has 0 aliphatic heterocycles. The number of halogens is 3. The van der Waals surface area contributed by atoms with Crippen molar-refractivity contribution >= 4 is 5.91 Å². The first-order chi connectivity index (χ1) is 11.3. The Bertz CT molecular complexity index is 729. The molecule has 0 aliphatic carbocycles. The maximum absolute atomic E-state index is 13.1. The monoisotopic (exact) mass is 339 g/mol. The number of alkyl halides is 3. The van der Waals surface area contributed by atoms with Gasteiger partial charge in [-0.25, -0.2) is 0 Å². The summed E-state index contributed by atoms with van der Waals surface area (Å²) >= 11 is 0. The molecule has 128 valence electrons. The average Bonchev–Trinajstić information content (AvgIpc) is 2.53. The number of para-hydroxylation sites is 2. The van der Waals surface area contributed by atoms with Gasteiger partial charge in [0.15, 0.2) is 11.5 Å². The van der Waals surface area contributed by atoms with Crippen molar-refractivity contribution in [1.29, 1.82) is 0 Å². The Hall–Kier alpha value is -2.70. The summed E-state index contributed by atoms with van der Waals surface area (Å²) in [4.78, 5) is 11.6. The largest absolute Gasteiger partial charge is 0.490 e. The molecule has 0 saturated carbocycles. The minimum Gasteiger partial charge on any atom is -0.490 e. The Balaban J connectivity index is 2.51. The molecular formula is C17H16F3NO3. The van der Waals surface area contributed by atoms with Crippen LogP contribution in [-0.2, 0) is 6.18 Å². The molecule has 1 amide bonds. The lowest BCUT2D eigenvalue weighted by molar-refractivity contribution is -0.138. The van der Waals surface area contributed by atoms with Crippen molar-refractivity contribution in [3.8, 4) is 17.2 Å². The van der Waals surface area contributed by atoms with Crippen molar-refractivity contribution in [2.75, 3.05) is 6.61 Å². The summed E-state index contributed by atoms with van der Waals surface area (Å²) in [5, 5.41) is 0. The highest BCUT2D eigenvalue weighted by Gasteiger charge is 2.34. The molecule has 24 heavy (non-hydrogen) atoms. The van der Waals surface area contributed by atoms with Crippen molar-refractivity contribution in [3.63, 3.8) is 0 Å². The van der Waals surface area contributed by atoms with Crippen LogP contribution in [0.15, 0.2) is 42.5 Å². The van der Waals surface area contributed by atoms with E-state index in [1.54, 1.807) is 0 Å². The van der Waals surface area contributed by atoms with E-state index in [4.69, 9.17) is 15.2 Å². The summed E-state index contributed by atoms with van der Waals surface area (Å²) in [7, 11) is 0. The number of rotatable bonds is 6. The molecule has 0 atom stereocenters. The fraction of sp³-hybridized carbons (Fsp3) is 0.235. The Morgan fingerprint density at radius 3 is 2.38 bits per heavy atom. The van der Waals surface area contributed by atoms with Crippen LogP contribution >= 0.6 is 0 Å². The van der Waals surface area contributed by atoms with Crippen LogP contribution in [0.2, 0.25) is 0 Å². The number of amides is 1. The second-order valence-electron chi connectivity index (χ2n) is 4.94. The number of hydrogen-bond donors (Lipinski definition) is 1. The highest BCUT2D eigenvalue weighted by atomic mass is 19.4. The SMILES string of the molecule is CCCOc1cccc(C(N)=O)c1Oc1ccccc1C(F)(F)F. The summed E-state index contributed by atoms with van der Waals surface area (Å²) in [5.41, 5.74) is 4.28. The van der Waals surface area contributed by atoms with E-state index in [9.17, 15) is 18.0 Å². The maximum atomic E-state index is 13.1. The topological polar surface area (TPSA) is 61.5 Å². The van der Waals surface area contributed by atoms with Gasteiger partial charge in [0.05, 0.1) is 17.7 Å². The number of carbonyl (C=O) groups is 1. The van der Waals surface area contributed by atoms with Gasteiger partial charge in [-0.2, -0.15) is 13.2 Å². The second-order valence-corrected chi connectivity index (χ2v) is 4.94. The molecule has 7 heteroatoms. The van der Waals surface area contributed by atoms with Crippen molar-refractivity contribution in [2.45, 2.75) is 19.5 Å². The summed E-state index contributed by atoms with van der Waals surface area (Å²) in [6, 6.07) is 9.13. The van der Waals surface area contributed by atoms with Gasteiger partial charge in [-0.15, -0.1) is 0 Å². The van der Waals surface area contributed by atoms with Crippen LogP contribution in [0.25, 0.3) is 0 Å². The maximum Gasteiger partial charge on any atom is 0.419 e. The van der Waals surface area contributed by atoms with Gasteiger partial charge in [-0.05, 0) is 30.7 Å². The number of carbonyl (C=O) groups excluding carboxylic acids is 1. The Kier molecular flexibility index (Phi) is 5.33. The van der Waals surface area contributed by atoms with Gasteiger partial charge in [0.25, 0.3) is 5.91 Å². The van der Waals surface area contributed by atoms with E-state index in [1.807, 2.05) is 6.92 Å². The van der Waals surface area contributed by atoms with Crippen LogP contribution in [0.4, 0.5) is 13.2 Å². The summed E-state index contributed by atoms with van der Waals surface area (Å²) in [6.07, 6.45) is -3.91. The normalized spacial score (nSPS) is 11.2. The number of nitrogens with two attached hydrogens (primary N) is 1. The van der Waals surface area contributed by atoms with Crippen molar-refractivity contribution in [1.82, 2.24) is 0 Å². The minimum atomic E-state index is -4.59. The van der Waals surface area contributed by atoms with E-state index in [1.165, 1.54) is 36.4 Å². The molecule has 2 aromatic carbocycles. The third-order valence-corrected chi connectivity index (χ3v) is 3.11. The fourth-order valence-electron chi connectivity index (χ4n) is 2.04. The summed E-state index contributed by atoms with van der Waals surface area (Å²) in [6.45, 7) is 2.19. The molecule has 4 nitrogen and oxygen atoms in total. The molecule has 0 spiro atoms. The Morgan fingerprint density at radius 1 is 1.08 bits per heavy atom. The standard InChI is InChI=1S/C17H16F3NO3/c1-2-10-23-14-9-5-6-11(16(21)22)15(14)24-13-8-4-3-7-12(13)17(18,19)20/h3-9H,2,10H2,1H3,(H2,21,22). The van der Waals surface area contributed by atoms with Gasteiger partial charge in [-0.1, -0.05) is 25.1 Å². The molecule has 0 fully saturated rings. The zero-order chi connectivity index (χ0) is 17.7. The minimum absolute atomic E-state index is 0.0550. The molecular weight excluding hydrogens is 323 g/mol. The smallest absolute Gasteiger partial charge is 0.419 e.